The van der Waals surface area contributed by atoms with Crippen LogP contribution in [0.25, 0.3) is 0 Å². The third-order valence-corrected chi connectivity index (χ3v) is 2.04. The number of rotatable bonds is 5. The number of hydrogen-bond donors (Lipinski definition) is 1. The molecule has 0 radical (unpaired) electrons. The first-order valence-electron chi connectivity index (χ1n) is 4.59. The van der Waals surface area contributed by atoms with Gasteiger partial charge in [-0.1, -0.05) is 0 Å². The Hall–Kier alpha value is -1.61. The summed E-state index contributed by atoms with van der Waals surface area (Å²) in [6, 6.07) is 3.65. The van der Waals surface area contributed by atoms with Crippen LogP contribution in [-0.2, 0) is 4.79 Å². The molecule has 1 amide bonds. The predicted octanol–water partition coefficient (Wildman–Crippen LogP) is 1.25. The van der Waals surface area contributed by atoms with Crippen LogP contribution in [0, 0.1) is 11.3 Å². The molecule has 84 valence electrons. The van der Waals surface area contributed by atoms with Crippen molar-refractivity contribution in [3.8, 4) is 11.8 Å². The Morgan fingerprint density at radius 1 is 1.62 bits per heavy atom. The van der Waals surface area contributed by atoms with Gasteiger partial charge >= 0.3 is 0 Å². The fourth-order valence-corrected chi connectivity index (χ4v) is 1.27. The van der Waals surface area contributed by atoms with Crippen LogP contribution in [0.5, 0.6) is 5.75 Å². The molecular formula is C10H10BrN3O2. The number of nitrogens with one attached hydrogen (secondary N) is 1. The standard InChI is InChI=1S/C10H10BrN3O2/c11-8-4-9(6-13-5-8)16-7-10(15)14-3-1-2-12/h4-6H,1,3,7H2,(H,14,15). The van der Waals surface area contributed by atoms with Crippen molar-refractivity contribution < 1.29 is 9.53 Å². The van der Waals surface area contributed by atoms with E-state index < -0.39 is 0 Å². The number of nitriles is 1. The van der Waals surface area contributed by atoms with Crippen LogP contribution >= 0.6 is 15.9 Å². The molecule has 5 nitrogen and oxygen atoms in total. The van der Waals surface area contributed by atoms with E-state index in [-0.39, 0.29) is 12.5 Å². The lowest BCUT2D eigenvalue weighted by Crippen LogP contribution is -2.29. The lowest BCUT2D eigenvalue weighted by molar-refractivity contribution is -0.123. The first-order valence-corrected chi connectivity index (χ1v) is 5.38. The molecule has 6 heteroatoms. The van der Waals surface area contributed by atoms with Crippen molar-refractivity contribution in [2.24, 2.45) is 0 Å². The summed E-state index contributed by atoms with van der Waals surface area (Å²) in [5, 5.41) is 10.8. The Labute approximate surface area is 102 Å². The Morgan fingerprint density at radius 2 is 2.44 bits per heavy atom. The average molecular weight is 284 g/mol. The number of carbonyl (C=O) groups is 1. The van der Waals surface area contributed by atoms with E-state index in [1.807, 2.05) is 6.07 Å². The highest BCUT2D eigenvalue weighted by atomic mass is 79.9. The fourth-order valence-electron chi connectivity index (χ4n) is 0.929. The van der Waals surface area contributed by atoms with Crippen LogP contribution in [0.4, 0.5) is 0 Å². The topological polar surface area (TPSA) is 75.0 Å². The van der Waals surface area contributed by atoms with E-state index in [1.165, 1.54) is 6.20 Å². The van der Waals surface area contributed by atoms with Gasteiger partial charge in [-0.15, -0.1) is 0 Å². The van der Waals surface area contributed by atoms with E-state index in [0.29, 0.717) is 18.7 Å². The molecule has 1 aromatic rings. The number of nitrogens with zero attached hydrogens (tertiary/aromatic N) is 2. The first kappa shape index (κ1) is 12.5. The summed E-state index contributed by atoms with van der Waals surface area (Å²) in [5.41, 5.74) is 0. The maximum Gasteiger partial charge on any atom is 0.257 e. The minimum Gasteiger partial charge on any atom is -0.482 e. The first-order chi connectivity index (χ1) is 7.72. The predicted molar refractivity (Wildman–Crippen MR) is 60.7 cm³/mol. The number of pyridine rings is 1. The number of ether oxygens (including phenoxy) is 1. The molecule has 0 aliphatic heterocycles. The van der Waals surface area contributed by atoms with E-state index in [2.05, 4.69) is 26.2 Å². The molecule has 0 aliphatic carbocycles. The van der Waals surface area contributed by atoms with Crippen molar-refractivity contribution in [2.75, 3.05) is 13.2 Å². The summed E-state index contributed by atoms with van der Waals surface area (Å²) in [7, 11) is 0. The van der Waals surface area contributed by atoms with Gasteiger partial charge < -0.3 is 10.1 Å². The number of halogens is 1. The number of amides is 1. The van der Waals surface area contributed by atoms with Gasteiger partial charge in [-0.25, -0.2) is 0 Å². The summed E-state index contributed by atoms with van der Waals surface area (Å²) in [6.45, 7) is 0.263. The van der Waals surface area contributed by atoms with Crippen molar-refractivity contribution in [1.82, 2.24) is 10.3 Å². The van der Waals surface area contributed by atoms with Gasteiger partial charge in [0.25, 0.3) is 5.91 Å². The Balaban J connectivity index is 2.29. The van der Waals surface area contributed by atoms with Crippen molar-refractivity contribution in [3.63, 3.8) is 0 Å². The van der Waals surface area contributed by atoms with E-state index in [9.17, 15) is 4.79 Å². The summed E-state index contributed by atoms with van der Waals surface area (Å²) >= 11 is 3.24. The molecule has 16 heavy (non-hydrogen) atoms. The normalized spacial score (nSPS) is 9.25. The van der Waals surface area contributed by atoms with Crippen molar-refractivity contribution >= 4 is 21.8 Å². The molecule has 0 aliphatic rings. The summed E-state index contributed by atoms with van der Waals surface area (Å²) in [6.07, 6.45) is 3.44. The van der Waals surface area contributed by atoms with Gasteiger partial charge in [0.15, 0.2) is 6.61 Å². The third kappa shape index (κ3) is 4.75. The number of hydrogen-bond acceptors (Lipinski definition) is 4. The van der Waals surface area contributed by atoms with Gasteiger partial charge in [-0.3, -0.25) is 9.78 Å². The SMILES string of the molecule is N#CCCNC(=O)COc1cncc(Br)c1. The lowest BCUT2D eigenvalue weighted by atomic mass is 10.4. The van der Waals surface area contributed by atoms with Crippen LogP contribution in [0.15, 0.2) is 22.9 Å². The minimum atomic E-state index is -0.254. The Bertz CT molecular complexity index is 403. The van der Waals surface area contributed by atoms with Crippen molar-refractivity contribution in [2.45, 2.75) is 6.42 Å². The molecule has 0 saturated heterocycles. The van der Waals surface area contributed by atoms with Crippen LogP contribution < -0.4 is 10.1 Å². The van der Waals surface area contributed by atoms with Gasteiger partial charge in [0.1, 0.15) is 5.75 Å². The summed E-state index contributed by atoms with van der Waals surface area (Å²) < 4.78 is 5.98. The molecular weight excluding hydrogens is 274 g/mol. The molecule has 1 aromatic heterocycles. The monoisotopic (exact) mass is 283 g/mol. The molecule has 0 atom stereocenters. The fraction of sp³-hybridized carbons (Fsp3) is 0.300. The van der Waals surface area contributed by atoms with Crippen LogP contribution in [-0.4, -0.2) is 24.0 Å². The third-order valence-electron chi connectivity index (χ3n) is 1.61. The minimum absolute atomic E-state index is 0.0798. The summed E-state index contributed by atoms with van der Waals surface area (Å²) in [4.78, 5) is 15.1. The van der Waals surface area contributed by atoms with Crippen molar-refractivity contribution in [1.29, 1.82) is 5.26 Å². The van der Waals surface area contributed by atoms with E-state index in [0.717, 1.165) is 4.47 Å². The quantitative estimate of drug-likeness (QED) is 0.826. The zero-order valence-electron chi connectivity index (χ0n) is 8.44. The molecule has 0 spiro atoms. The van der Waals surface area contributed by atoms with Gasteiger partial charge in [-0.2, -0.15) is 5.26 Å². The molecule has 1 N–H and O–H groups in total. The second kappa shape index (κ2) is 6.80. The maximum atomic E-state index is 11.2. The molecule has 1 heterocycles. The molecule has 0 aromatic carbocycles. The van der Waals surface area contributed by atoms with Gasteiger partial charge in [0.05, 0.1) is 18.7 Å². The maximum absolute atomic E-state index is 11.2. The molecule has 0 bridgehead atoms. The number of aromatic nitrogens is 1. The Morgan fingerprint density at radius 3 is 3.12 bits per heavy atom. The lowest BCUT2D eigenvalue weighted by Gasteiger charge is -2.05. The van der Waals surface area contributed by atoms with Crippen LogP contribution in [0.2, 0.25) is 0 Å². The Kier molecular flexibility index (Phi) is 5.29. The largest absolute Gasteiger partial charge is 0.482 e. The zero-order chi connectivity index (χ0) is 11.8. The second-order valence-corrected chi connectivity index (χ2v) is 3.80. The van der Waals surface area contributed by atoms with Crippen LogP contribution in [0.1, 0.15) is 6.42 Å². The van der Waals surface area contributed by atoms with Gasteiger partial charge in [0.2, 0.25) is 0 Å². The highest BCUT2D eigenvalue weighted by Crippen LogP contribution is 2.15. The smallest absolute Gasteiger partial charge is 0.257 e. The van der Waals surface area contributed by atoms with Gasteiger partial charge in [-0.05, 0) is 22.0 Å². The van der Waals surface area contributed by atoms with E-state index >= 15 is 0 Å². The van der Waals surface area contributed by atoms with E-state index in [4.69, 9.17) is 10.00 Å². The highest BCUT2D eigenvalue weighted by Gasteiger charge is 2.02. The highest BCUT2D eigenvalue weighted by molar-refractivity contribution is 9.10. The zero-order valence-corrected chi connectivity index (χ0v) is 10.0. The molecule has 0 fully saturated rings. The molecule has 0 unspecified atom stereocenters. The van der Waals surface area contributed by atoms with Crippen molar-refractivity contribution in [3.05, 3.63) is 22.9 Å². The van der Waals surface area contributed by atoms with Gasteiger partial charge in [0, 0.05) is 17.2 Å². The number of carbonyl (C=O) groups excluding carboxylic acids is 1. The average Bonchev–Trinajstić information content (AvgIpc) is 2.27. The van der Waals surface area contributed by atoms with E-state index in [1.54, 1.807) is 12.3 Å². The van der Waals surface area contributed by atoms with Crippen LogP contribution in [0.3, 0.4) is 0 Å². The second-order valence-electron chi connectivity index (χ2n) is 2.89. The summed E-state index contributed by atoms with van der Waals surface area (Å²) in [5.74, 6) is 0.264. The molecule has 0 saturated carbocycles. The molecule has 1 rings (SSSR count).